The molecule has 0 N–H and O–H groups in total. The number of carbonyl (C=O) groups is 1. The standard InChI is InChI=1S/C18H20FNOS/c1-12(2)11-17(21)20-9-7-16-15(8-10-22-16)18(20)13-3-5-14(19)6-4-13/h3-6,8,10,12,18H,7,9,11H2,1-2H3. The van der Waals surface area contributed by atoms with Crippen molar-refractivity contribution < 1.29 is 9.18 Å². The molecule has 2 heterocycles. The molecule has 0 aliphatic carbocycles. The number of hydrogen-bond acceptors (Lipinski definition) is 2. The fourth-order valence-electron chi connectivity index (χ4n) is 3.06. The molecule has 0 saturated carbocycles. The molecule has 0 bridgehead atoms. The third kappa shape index (κ3) is 2.93. The van der Waals surface area contributed by atoms with E-state index in [1.807, 2.05) is 4.90 Å². The van der Waals surface area contributed by atoms with Crippen LogP contribution in [0.3, 0.4) is 0 Å². The van der Waals surface area contributed by atoms with Gasteiger partial charge in [-0.2, -0.15) is 0 Å². The van der Waals surface area contributed by atoms with E-state index >= 15 is 0 Å². The molecule has 1 aromatic carbocycles. The maximum atomic E-state index is 13.2. The van der Waals surface area contributed by atoms with E-state index in [1.165, 1.54) is 22.6 Å². The van der Waals surface area contributed by atoms with Gasteiger partial charge in [-0.3, -0.25) is 4.79 Å². The Morgan fingerprint density at radius 3 is 2.73 bits per heavy atom. The minimum atomic E-state index is -0.245. The van der Waals surface area contributed by atoms with Gasteiger partial charge in [0.15, 0.2) is 0 Å². The van der Waals surface area contributed by atoms with E-state index in [0.29, 0.717) is 12.3 Å². The summed E-state index contributed by atoms with van der Waals surface area (Å²) in [4.78, 5) is 15.9. The Hall–Kier alpha value is -1.68. The van der Waals surface area contributed by atoms with Gasteiger partial charge in [-0.25, -0.2) is 4.39 Å². The molecular formula is C18H20FNOS. The van der Waals surface area contributed by atoms with Crippen LogP contribution in [-0.4, -0.2) is 17.4 Å². The van der Waals surface area contributed by atoms with E-state index in [-0.39, 0.29) is 17.8 Å². The monoisotopic (exact) mass is 317 g/mol. The summed E-state index contributed by atoms with van der Waals surface area (Å²) in [6.45, 7) is 4.86. The second-order valence-corrected chi connectivity index (χ2v) is 7.19. The summed E-state index contributed by atoms with van der Waals surface area (Å²) in [5.74, 6) is 0.275. The molecule has 0 radical (unpaired) electrons. The lowest BCUT2D eigenvalue weighted by atomic mass is 9.92. The Balaban J connectivity index is 1.99. The zero-order valence-corrected chi connectivity index (χ0v) is 13.7. The SMILES string of the molecule is CC(C)CC(=O)N1CCc2sccc2C1c1ccc(F)cc1. The summed E-state index contributed by atoms with van der Waals surface area (Å²) < 4.78 is 13.2. The lowest BCUT2D eigenvalue weighted by Crippen LogP contribution is -2.40. The molecule has 0 fully saturated rings. The highest BCUT2D eigenvalue weighted by atomic mass is 32.1. The predicted octanol–water partition coefficient (Wildman–Crippen LogP) is 4.41. The van der Waals surface area contributed by atoms with Crippen LogP contribution in [0.1, 0.15) is 42.3 Å². The normalized spacial score (nSPS) is 17.6. The van der Waals surface area contributed by atoms with Crippen LogP contribution < -0.4 is 0 Å². The number of fused-ring (bicyclic) bond motifs is 1. The minimum Gasteiger partial charge on any atom is -0.331 e. The molecule has 1 atom stereocenters. The van der Waals surface area contributed by atoms with Crippen LogP contribution in [0, 0.1) is 11.7 Å². The van der Waals surface area contributed by atoms with Gasteiger partial charge in [0, 0.05) is 17.8 Å². The molecule has 1 unspecified atom stereocenters. The number of halogens is 1. The zero-order chi connectivity index (χ0) is 15.7. The van der Waals surface area contributed by atoms with Gasteiger partial charge in [0.05, 0.1) is 6.04 Å². The molecule has 0 spiro atoms. The molecule has 116 valence electrons. The average Bonchev–Trinajstić information content (AvgIpc) is 2.95. The molecule has 2 nitrogen and oxygen atoms in total. The second kappa shape index (κ2) is 6.21. The Bertz CT molecular complexity index is 662. The van der Waals surface area contributed by atoms with Gasteiger partial charge >= 0.3 is 0 Å². The number of benzene rings is 1. The van der Waals surface area contributed by atoms with Gasteiger partial charge in [-0.15, -0.1) is 11.3 Å². The molecule has 2 aromatic rings. The van der Waals surface area contributed by atoms with Crippen LogP contribution in [-0.2, 0) is 11.2 Å². The summed E-state index contributed by atoms with van der Waals surface area (Å²) in [6.07, 6.45) is 1.46. The number of hydrogen-bond donors (Lipinski definition) is 0. The first-order valence-electron chi connectivity index (χ1n) is 7.67. The Labute approximate surface area is 134 Å². The van der Waals surface area contributed by atoms with Crippen LogP contribution in [0.4, 0.5) is 4.39 Å². The van der Waals surface area contributed by atoms with Crippen LogP contribution in [0.25, 0.3) is 0 Å². The number of carbonyl (C=O) groups excluding carboxylic acids is 1. The van der Waals surface area contributed by atoms with Gasteiger partial charge < -0.3 is 4.90 Å². The van der Waals surface area contributed by atoms with Crippen molar-refractivity contribution in [3.8, 4) is 0 Å². The molecule has 0 saturated heterocycles. The van der Waals surface area contributed by atoms with Crippen LogP contribution in [0.2, 0.25) is 0 Å². The fourth-order valence-corrected chi connectivity index (χ4v) is 3.96. The molecule has 1 aliphatic rings. The van der Waals surface area contributed by atoms with Crippen molar-refractivity contribution in [1.82, 2.24) is 4.90 Å². The van der Waals surface area contributed by atoms with E-state index < -0.39 is 0 Å². The highest BCUT2D eigenvalue weighted by molar-refractivity contribution is 7.10. The first-order chi connectivity index (χ1) is 10.6. The minimum absolute atomic E-state index is 0.0816. The van der Waals surface area contributed by atoms with Crippen molar-refractivity contribution in [2.24, 2.45) is 5.92 Å². The summed E-state index contributed by atoms with van der Waals surface area (Å²) in [5.41, 5.74) is 2.18. The van der Waals surface area contributed by atoms with Crippen molar-refractivity contribution in [2.45, 2.75) is 32.7 Å². The lowest BCUT2D eigenvalue weighted by Gasteiger charge is -2.36. The molecule has 1 aromatic heterocycles. The first kappa shape index (κ1) is 15.2. The van der Waals surface area contributed by atoms with Crippen molar-refractivity contribution in [2.75, 3.05) is 6.54 Å². The number of amides is 1. The van der Waals surface area contributed by atoms with Crippen LogP contribution >= 0.6 is 11.3 Å². The zero-order valence-electron chi connectivity index (χ0n) is 12.9. The van der Waals surface area contributed by atoms with E-state index in [4.69, 9.17) is 0 Å². The van der Waals surface area contributed by atoms with Gasteiger partial charge in [-0.1, -0.05) is 26.0 Å². The number of rotatable bonds is 3. The fraction of sp³-hybridized carbons (Fsp3) is 0.389. The summed E-state index contributed by atoms with van der Waals surface area (Å²) >= 11 is 1.74. The largest absolute Gasteiger partial charge is 0.331 e. The topological polar surface area (TPSA) is 20.3 Å². The third-order valence-corrected chi connectivity index (χ3v) is 5.05. The van der Waals surface area contributed by atoms with E-state index in [1.54, 1.807) is 23.5 Å². The molecule has 1 amide bonds. The quantitative estimate of drug-likeness (QED) is 0.821. The average molecular weight is 317 g/mol. The number of thiophene rings is 1. The van der Waals surface area contributed by atoms with Crippen LogP contribution in [0.15, 0.2) is 35.7 Å². The summed E-state index contributed by atoms with van der Waals surface area (Å²) in [5, 5.41) is 2.08. The van der Waals surface area contributed by atoms with Crippen molar-refractivity contribution in [3.63, 3.8) is 0 Å². The van der Waals surface area contributed by atoms with Gasteiger partial charge in [0.2, 0.25) is 5.91 Å². The molecule has 4 heteroatoms. The highest BCUT2D eigenvalue weighted by Gasteiger charge is 2.32. The third-order valence-electron chi connectivity index (χ3n) is 4.05. The predicted molar refractivity (Wildman–Crippen MR) is 87.4 cm³/mol. The van der Waals surface area contributed by atoms with Gasteiger partial charge in [-0.05, 0) is 47.0 Å². The van der Waals surface area contributed by atoms with Gasteiger partial charge in [0.1, 0.15) is 5.82 Å². The smallest absolute Gasteiger partial charge is 0.223 e. The molecule has 3 rings (SSSR count). The Morgan fingerprint density at radius 2 is 2.05 bits per heavy atom. The molecular weight excluding hydrogens is 297 g/mol. The maximum absolute atomic E-state index is 13.2. The van der Waals surface area contributed by atoms with E-state index in [0.717, 1.165) is 18.5 Å². The first-order valence-corrected chi connectivity index (χ1v) is 8.55. The molecule has 1 aliphatic heterocycles. The van der Waals surface area contributed by atoms with Crippen LogP contribution in [0.5, 0.6) is 0 Å². The van der Waals surface area contributed by atoms with Crippen molar-refractivity contribution >= 4 is 17.2 Å². The number of nitrogens with zero attached hydrogens (tertiary/aromatic N) is 1. The van der Waals surface area contributed by atoms with Crippen molar-refractivity contribution in [3.05, 3.63) is 57.5 Å². The lowest BCUT2D eigenvalue weighted by molar-refractivity contribution is -0.134. The second-order valence-electron chi connectivity index (χ2n) is 6.19. The Morgan fingerprint density at radius 1 is 1.32 bits per heavy atom. The van der Waals surface area contributed by atoms with E-state index in [2.05, 4.69) is 25.3 Å². The van der Waals surface area contributed by atoms with Crippen molar-refractivity contribution in [1.29, 1.82) is 0 Å². The highest BCUT2D eigenvalue weighted by Crippen LogP contribution is 2.38. The maximum Gasteiger partial charge on any atom is 0.223 e. The van der Waals surface area contributed by atoms with Gasteiger partial charge in [0.25, 0.3) is 0 Å². The summed E-state index contributed by atoms with van der Waals surface area (Å²) in [6, 6.07) is 8.55. The summed E-state index contributed by atoms with van der Waals surface area (Å²) in [7, 11) is 0. The van der Waals surface area contributed by atoms with E-state index in [9.17, 15) is 9.18 Å². The molecule has 22 heavy (non-hydrogen) atoms. The Kier molecular flexibility index (Phi) is 4.30.